The van der Waals surface area contributed by atoms with Crippen LogP contribution in [0.3, 0.4) is 0 Å². The van der Waals surface area contributed by atoms with Crippen LogP contribution in [0.2, 0.25) is 0 Å². The van der Waals surface area contributed by atoms with Crippen LogP contribution in [0.15, 0.2) is 0 Å². The Labute approximate surface area is 143 Å². The number of carbonyl (C=O) groups excluding carboxylic acids is 2. The molecule has 2 saturated carbocycles. The molecule has 0 heterocycles. The van der Waals surface area contributed by atoms with Crippen molar-refractivity contribution in [2.24, 2.45) is 28.1 Å². The van der Waals surface area contributed by atoms with E-state index in [4.69, 9.17) is 0 Å². The highest BCUT2D eigenvalue weighted by molar-refractivity contribution is 5.86. The summed E-state index contributed by atoms with van der Waals surface area (Å²) in [4.78, 5) is 36.0. The summed E-state index contributed by atoms with van der Waals surface area (Å²) in [7, 11) is 0. The smallest absolute Gasteiger partial charge is 0.303 e. The van der Waals surface area contributed by atoms with Crippen molar-refractivity contribution < 1.29 is 24.6 Å². The SMILES string of the molecule is CC(=O)[C@@]1(C)CCC2C[C@@](C)(C(=O)CO)CC[C@]2(C)[C@H]1CC(=O)O. The molecule has 5 atom stereocenters. The number of fused-ring (bicyclic) bond motifs is 1. The van der Waals surface area contributed by atoms with Gasteiger partial charge in [-0.1, -0.05) is 20.8 Å². The van der Waals surface area contributed by atoms with Crippen LogP contribution >= 0.6 is 0 Å². The fourth-order valence-electron chi connectivity index (χ4n) is 5.39. The zero-order valence-corrected chi connectivity index (χ0v) is 15.2. The molecule has 0 aliphatic heterocycles. The number of aliphatic carboxylic acids is 1. The zero-order chi connectivity index (χ0) is 18.3. The molecule has 0 spiro atoms. The van der Waals surface area contributed by atoms with E-state index in [0.717, 1.165) is 12.8 Å². The lowest BCUT2D eigenvalue weighted by atomic mass is 9.44. The first kappa shape index (κ1) is 19.1. The molecule has 0 aromatic rings. The fraction of sp³-hybridized carbons (Fsp3) is 0.842. The molecule has 0 aromatic heterocycles. The molecule has 0 bridgehead atoms. The molecule has 0 aromatic carbocycles. The Morgan fingerprint density at radius 1 is 1.08 bits per heavy atom. The maximum absolute atomic E-state index is 12.3. The normalized spacial score (nSPS) is 42.2. The topological polar surface area (TPSA) is 91.7 Å². The Bertz CT molecular complexity index is 556. The quantitative estimate of drug-likeness (QED) is 0.804. The molecule has 0 radical (unpaired) electrons. The predicted molar refractivity (Wildman–Crippen MR) is 89.4 cm³/mol. The highest BCUT2D eigenvalue weighted by Crippen LogP contribution is 2.63. The molecule has 0 saturated heterocycles. The largest absolute Gasteiger partial charge is 0.481 e. The first-order valence-electron chi connectivity index (χ1n) is 8.86. The average Bonchev–Trinajstić information content (AvgIpc) is 2.51. The third-order valence-corrected chi connectivity index (χ3v) is 7.42. The summed E-state index contributed by atoms with van der Waals surface area (Å²) in [5, 5.41) is 18.7. The third-order valence-electron chi connectivity index (χ3n) is 7.42. The maximum atomic E-state index is 12.3. The van der Waals surface area contributed by atoms with Crippen molar-refractivity contribution in [1.82, 2.24) is 0 Å². The van der Waals surface area contributed by atoms with Crippen LogP contribution in [0, 0.1) is 28.1 Å². The minimum Gasteiger partial charge on any atom is -0.481 e. The standard InChI is InChI=1S/C19H30O5/c1-12(21)18(3)6-5-13-10-17(2,15(22)11-20)7-8-19(13,4)14(18)9-16(23)24/h13-14,20H,5-11H2,1-4H3,(H,23,24)/t13?,14-,17-,18+,19-/m0/s1. The van der Waals surface area contributed by atoms with E-state index >= 15 is 0 Å². The molecule has 2 aliphatic rings. The Morgan fingerprint density at radius 3 is 2.21 bits per heavy atom. The van der Waals surface area contributed by atoms with E-state index in [2.05, 4.69) is 6.92 Å². The molecule has 5 heteroatoms. The van der Waals surface area contributed by atoms with Gasteiger partial charge in [0.25, 0.3) is 0 Å². The van der Waals surface area contributed by atoms with E-state index in [9.17, 15) is 24.6 Å². The van der Waals surface area contributed by atoms with Gasteiger partial charge >= 0.3 is 5.97 Å². The number of carbonyl (C=O) groups is 3. The zero-order valence-electron chi connectivity index (χ0n) is 15.2. The van der Waals surface area contributed by atoms with Crippen molar-refractivity contribution >= 4 is 17.5 Å². The molecule has 1 unspecified atom stereocenters. The molecule has 2 N–H and O–H groups in total. The molecule has 2 rings (SSSR count). The number of rotatable bonds is 5. The summed E-state index contributed by atoms with van der Waals surface area (Å²) in [6.45, 7) is 7.06. The van der Waals surface area contributed by atoms with Crippen LogP contribution in [0.4, 0.5) is 0 Å². The summed E-state index contributed by atoms with van der Waals surface area (Å²) in [5.41, 5.74) is -1.40. The van der Waals surface area contributed by atoms with E-state index in [1.165, 1.54) is 0 Å². The lowest BCUT2D eigenvalue weighted by Crippen LogP contribution is -2.56. The van der Waals surface area contributed by atoms with Gasteiger partial charge in [0.15, 0.2) is 5.78 Å². The second kappa shape index (κ2) is 6.25. The molecule has 5 nitrogen and oxygen atoms in total. The number of carboxylic acids is 1. The predicted octanol–water partition coefficient (Wildman–Crippen LogP) is 2.84. The minimum atomic E-state index is -0.867. The van der Waals surface area contributed by atoms with Crippen LogP contribution in [-0.2, 0) is 14.4 Å². The first-order valence-corrected chi connectivity index (χ1v) is 8.86. The Kier molecular flexibility index (Phi) is 4.97. The second-order valence-corrected chi connectivity index (χ2v) is 8.71. The number of ketones is 2. The van der Waals surface area contributed by atoms with Gasteiger partial charge in [0, 0.05) is 17.3 Å². The molecule has 136 valence electrons. The molecule has 24 heavy (non-hydrogen) atoms. The van der Waals surface area contributed by atoms with Gasteiger partial charge in [0.2, 0.25) is 0 Å². The maximum Gasteiger partial charge on any atom is 0.303 e. The second-order valence-electron chi connectivity index (χ2n) is 8.71. The molecular formula is C19H30O5. The molecular weight excluding hydrogens is 308 g/mol. The summed E-state index contributed by atoms with van der Waals surface area (Å²) in [5.74, 6) is -0.933. The Morgan fingerprint density at radius 2 is 1.71 bits per heavy atom. The van der Waals surface area contributed by atoms with Gasteiger partial charge in [-0.05, 0) is 56.3 Å². The minimum absolute atomic E-state index is 0.00621. The van der Waals surface area contributed by atoms with Crippen LogP contribution in [0.5, 0.6) is 0 Å². The van der Waals surface area contributed by atoms with Crippen LogP contribution in [-0.4, -0.2) is 34.4 Å². The van der Waals surface area contributed by atoms with Gasteiger partial charge < -0.3 is 10.2 Å². The number of hydrogen-bond donors (Lipinski definition) is 2. The van der Waals surface area contributed by atoms with Gasteiger partial charge in [-0.2, -0.15) is 0 Å². The van der Waals surface area contributed by atoms with Gasteiger partial charge in [-0.15, -0.1) is 0 Å². The Hall–Kier alpha value is -1.23. The lowest BCUT2D eigenvalue weighted by molar-refractivity contribution is -0.162. The summed E-state index contributed by atoms with van der Waals surface area (Å²) in [6.07, 6.45) is 3.53. The number of Topliss-reactive ketones (excluding diaryl/α,β-unsaturated/α-hetero) is 2. The van der Waals surface area contributed by atoms with E-state index in [1.54, 1.807) is 6.92 Å². The van der Waals surface area contributed by atoms with Gasteiger partial charge in [-0.3, -0.25) is 14.4 Å². The van der Waals surface area contributed by atoms with Crippen molar-refractivity contribution in [3.05, 3.63) is 0 Å². The summed E-state index contributed by atoms with van der Waals surface area (Å²) < 4.78 is 0. The van der Waals surface area contributed by atoms with Gasteiger partial charge in [0.1, 0.15) is 12.4 Å². The number of aliphatic hydroxyl groups is 1. The summed E-state index contributed by atoms with van der Waals surface area (Å²) >= 11 is 0. The highest BCUT2D eigenvalue weighted by Gasteiger charge is 2.59. The monoisotopic (exact) mass is 338 g/mol. The molecule has 2 fully saturated rings. The van der Waals surface area contributed by atoms with Crippen LogP contribution < -0.4 is 0 Å². The van der Waals surface area contributed by atoms with Gasteiger partial charge in [0.05, 0.1) is 0 Å². The van der Waals surface area contributed by atoms with Gasteiger partial charge in [-0.25, -0.2) is 0 Å². The van der Waals surface area contributed by atoms with Crippen molar-refractivity contribution in [2.75, 3.05) is 6.61 Å². The number of aliphatic hydroxyl groups excluding tert-OH is 1. The van der Waals surface area contributed by atoms with Crippen molar-refractivity contribution in [2.45, 2.75) is 66.2 Å². The van der Waals surface area contributed by atoms with Crippen molar-refractivity contribution in [1.29, 1.82) is 0 Å². The first-order chi connectivity index (χ1) is 11.0. The van der Waals surface area contributed by atoms with Crippen LogP contribution in [0.1, 0.15) is 66.2 Å². The Balaban J connectivity index is 2.38. The van der Waals surface area contributed by atoms with E-state index in [0.29, 0.717) is 19.3 Å². The van der Waals surface area contributed by atoms with E-state index in [-0.39, 0.29) is 35.2 Å². The van der Waals surface area contributed by atoms with Crippen LogP contribution in [0.25, 0.3) is 0 Å². The summed E-state index contributed by atoms with van der Waals surface area (Å²) in [6, 6.07) is 0. The van der Waals surface area contributed by atoms with E-state index < -0.39 is 23.4 Å². The lowest BCUT2D eigenvalue weighted by Gasteiger charge is -2.59. The van der Waals surface area contributed by atoms with E-state index in [1.807, 2.05) is 13.8 Å². The number of carboxylic acid groups (broad SMARTS) is 1. The molecule has 2 aliphatic carbocycles. The number of hydrogen-bond acceptors (Lipinski definition) is 4. The molecule has 0 amide bonds. The van der Waals surface area contributed by atoms with Crippen molar-refractivity contribution in [3.63, 3.8) is 0 Å². The highest BCUT2D eigenvalue weighted by atomic mass is 16.4. The third kappa shape index (κ3) is 2.92. The fourth-order valence-corrected chi connectivity index (χ4v) is 5.39. The van der Waals surface area contributed by atoms with Crippen molar-refractivity contribution in [3.8, 4) is 0 Å². The average molecular weight is 338 g/mol.